The summed E-state index contributed by atoms with van der Waals surface area (Å²) in [4.78, 5) is 16.8. The van der Waals surface area contributed by atoms with Gasteiger partial charge in [-0.15, -0.1) is 0 Å². The lowest BCUT2D eigenvalue weighted by Crippen LogP contribution is -1.86. The summed E-state index contributed by atoms with van der Waals surface area (Å²) >= 11 is 0. The van der Waals surface area contributed by atoms with Crippen LogP contribution < -0.4 is 0 Å². The molecule has 0 saturated carbocycles. The molecule has 0 amide bonds. The maximum Gasteiger partial charge on any atom is 0.116 e. The van der Waals surface area contributed by atoms with E-state index in [9.17, 15) is 10.2 Å². The summed E-state index contributed by atoms with van der Waals surface area (Å²) in [6, 6.07) is 26.5. The van der Waals surface area contributed by atoms with Crippen molar-refractivity contribution in [3.63, 3.8) is 0 Å². The standard InChI is InChI=1S/C32H22N4O2/c37-25-5-1-3-19(15-25)31-27-11-7-21(33-27)17-23-9-13-29(35-23)32(20-4-2-6-26(38)16-20)30-14-10-24(36-30)18-22-8-12-28(31)34-22/h1-18,33,36-38H. The Hall–Kier alpha value is -5.36. The van der Waals surface area contributed by atoms with Crippen LogP contribution in [0.15, 0.2) is 84.9 Å². The Labute approximate surface area is 218 Å². The van der Waals surface area contributed by atoms with E-state index >= 15 is 0 Å². The Kier molecular flexibility index (Phi) is 4.97. The van der Waals surface area contributed by atoms with Crippen molar-refractivity contribution in [1.29, 1.82) is 0 Å². The molecule has 2 aromatic carbocycles. The van der Waals surface area contributed by atoms with Crippen molar-refractivity contribution in [3.05, 3.63) is 108 Å². The molecule has 3 aromatic heterocycles. The fourth-order valence-corrected chi connectivity index (χ4v) is 5.00. The van der Waals surface area contributed by atoms with E-state index in [0.717, 1.165) is 67.1 Å². The highest BCUT2D eigenvalue weighted by Gasteiger charge is 2.13. The lowest BCUT2D eigenvalue weighted by molar-refractivity contribution is 0.475. The molecular weight excluding hydrogens is 472 g/mol. The fraction of sp³-hybridized carbons (Fsp3) is 0. The number of phenols is 2. The molecule has 7 rings (SSSR count). The van der Waals surface area contributed by atoms with E-state index in [4.69, 9.17) is 9.97 Å². The monoisotopic (exact) mass is 494 g/mol. The predicted molar refractivity (Wildman–Crippen MR) is 153 cm³/mol. The number of fused-ring (bicyclic) bond motifs is 8. The largest absolute Gasteiger partial charge is 0.508 e. The van der Waals surface area contributed by atoms with Gasteiger partial charge in [-0.05, 0) is 96.1 Å². The maximum atomic E-state index is 10.2. The Morgan fingerprint density at radius 1 is 0.500 bits per heavy atom. The van der Waals surface area contributed by atoms with Gasteiger partial charge in [0.25, 0.3) is 0 Å². The number of aromatic hydroxyl groups is 2. The average molecular weight is 495 g/mol. The lowest BCUT2D eigenvalue weighted by atomic mass is 10.0. The SMILES string of the molecule is Oc1cccc(-c2c3nc(cc4ccc([nH]4)c(-c4cccc(O)c4)c4nc(cc5ccc2[nH]5)C=C4)C=C3)c1. The van der Waals surface area contributed by atoms with Gasteiger partial charge in [-0.1, -0.05) is 24.3 Å². The quantitative estimate of drug-likeness (QED) is 0.201. The second kappa shape index (κ2) is 8.64. The minimum Gasteiger partial charge on any atom is -0.508 e. The summed E-state index contributed by atoms with van der Waals surface area (Å²) in [5.74, 6) is 0.398. The first kappa shape index (κ1) is 21.9. The molecule has 4 N–H and O–H groups in total. The molecule has 8 bridgehead atoms. The van der Waals surface area contributed by atoms with Gasteiger partial charge in [-0.25, -0.2) is 9.97 Å². The van der Waals surface area contributed by atoms with Crippen LogP contribution in [0.3, 0.4) is 0 Å². The number of hydrogen-bond acceptors (Lipinski definition) is 4. The molecular formula is C32H22N4O2. The van der Waals surface area contributed by atoms with E-state index in [1.807, 2.05) is 85.0 Å². The number of H-pyrrole nitrogens is 2. The minimum absolute atomic E-state index is 0.199. The number of benzene rings is 2. The van der Waals surface area contributed by atoms with E-state index in [2.05, 4.69) is 9.97 Å². The molecule has 0 atom stereocenters. The van der Waals surface area contributed by atoms with Crippen LogP contribution in [-0.4, -0.2) is 30.1 Å². The second-order valence-electron chi connectivity index (χ2n) is 9.30. The van der Waals surface area contributed by atoms with Gasteiger partial charge in [0.05, 0.1) is 22.8 Å². The average Bonchev–Trinajstić information content (AvgIpc) is 3.70. The van der Waals surface area contributed by atoms with Crippen LogP contribution in [0, 0.1) is 0 Å². The van der Waals surface area contributed by atoms with Crippen LogP contribution in [-0.2, 0) is 0 Å². The third-order valence-electron chi connectivity index (χ3n) is 6.67. The van der Waals surface area contributed by atoms with Crippen LogP contribution in [0.25, 0.3) is 68.6 Å². The first-order valence-electron chi connectivity index (χ1n) is 12.3. The number of hydrogen-bond donors (Lipinski definition) is 4. The van der Waals surface area contributed by atoms with Crippen LogP contribution in [0.2, 0.25) is 0 Å². The normalized spacial score (nSPS) is 12.2. The van der Waals surface area contributed by atoms with Gasteiger partial charge < -0.3 is 20.2 Å². The van der Waals surface area contributed by atoms with E-state index in [1.165, 1.54) is 0 Å². The predicted octanol–water partition coefficient (Wildman–Crippen LogP) is 7.40. The molecule has 182 valence electrons. The highest BCUT2D eigenvalue weighted by Crippen LogP contribution is 2.33. The molecule has 6 nitrogen and oxygen atoms in total. The highest BCUT2D eigenvalue weighted by molar-refractivity contribution is 5.93. The third-order valence-corrected chi connectivity index (χ3v) is 6.67. The first-order chi connectivity index (χ1) is 18.6. The first-order valence-corrected chi connectivity index (χ1v) is 12.3. The lowest BCUT2D eigenvalue weighted by Gasteiger charge is -2.04. The Bertz CT molecular complexity index is 1820. The second-order valence-corrected chi connectivity index (χ2v) is 9.30. The van der Waals surface area contributed by atoms with Gasteiger partial charge in [0.1, 0.15) is 11.5 Å². The summed E-state index contributed by atoms with van der Waals surface area (Å²) in [5, 5.41) is 20.3. The minimum atomic E-state index is 0.199. The number of aromatic amines is 2. The van der Waals surface area contributed by atoms with Crippen molar-refractivity contribution in [1.82, 2.24) is 19.9 Å². The molecule has 0 aliphatic carbocycles. The van der Waals surface area contributed by atoms with Crippen molar-refractivity contribution >= 4 is 46.4 Å². The fourth-order valence-electron chi connectivity index (χ4n) is 5.00. The van der Waals surface area contributed by atoms with Crippen LogP contribution in [0.4, 0.5) is 0 Å². The van der Waals surface area contributed by atoms with Crippen molar-refractivity contribution in [2.45, 2.75) is 0 Å². The Balaban J connectivity index is 1.57. The number of rotatable bonds is 2. The Morgan fingerprint density at radius 2 is 0.974 bits per heavy atom. The van der Waals surface area contributed by atoms with E-state index in [-0.39, 0.29) is 11.5 Å². The van der Waals surface area contributed by atoms with E-state index in [0.29, 0.717) is 0 Å². The summed E-state index contributed by atoms with van der Waals surface area (Å²) < 4.78 is 0. The van der Waals surface area contributed by atoms with Crippen LogP contribution in [0.5, 0.6) is 11.5 Å². The summed E-state index contributed by atoms with van der Waals surface area (Å²) in [5.41, 5.74) is 10.3. The molecule has 5 aromatic rings. The third kappa shape index (κ3) is 3.94. The summed E-state index contributed by atoms with van der Waals surface area (Å²) in [6.45, 7) is 0. The summed E-state index contributed by atoms with van der Waals surface area (Å²) in [7, 11) is 0. The molecule has 6 heteroatoms. The topological polar surface area (TPSA) is 97.8 Å². The molecule has 2 aliphatic heterocycles. The van der Waals surface area contributed by atoms with E-state index < -0.39 is 0 Å². The smallest absolute Gasteiger partial charge is 0.116 e. The Morgan fingerprint density at radius 3 is 1.42 bits per heavy atom. The maximum absolute atomic E-state index is 10.2. The van der Waals surface area contributed by atoms with Crippen molar-refractivity contribution < 1.29 is 10.2 Å². The van der Waals surface area contributed by atoms with Crippen LogP contribution >= 0.6 is 0 Å². The molecule has 0 spiro atoms. The zero-order chi connectivity index (χ0) is 25.6. The van der Waals surface area contributed by atoms with Gasteiger partial charge in [0, 0.05) is 33.2 Å². The number of nitrogens with one attached hydrogen (secondary N) is 2. The number of phenolic OH excluding ortho intramolecular Hbond substituents is 2. The van der Waals surface area contributed by atoms with E-state index in [1.54, 1.807) is 24.3 Å². The van der Waals surface area contributed by atoms with Gasteiger partial charge >= 0.3 is 0 Å². The van der Waals surface area contributed by atoms with Gasteiger partial charge in [-0.3, -0.25) is 0 Å². The van der Waals surface area contributed by atoms with Crippen LogP contribution in [0.1, 0.15) is 22.8 Å². The van der Waals surface area contributed by atoms with Gasteiger partial charge in [-0.2, -0.15) is 0 Å². The number of aromatic nitrogens is 4. The highest BCUT2D eigenvalue weighted by atomic mass is 16.3. The molecule has 0 saturated heterocycles. The molecule has 38 heavy (non-hydrogen) atoms. The molecule has 0 fully saturated rings. The molecule has 2 aliphatic rings. The summed E-state index contributed by atoms with van der Waals surface area (Å²) in [6.07, 6.45) is 7.95. The van der Waals surface area contributed by atoms with Gasteiger partial charge in [0.2, 0.25) is 0 Å². The van der Waals surface area contributed by atoms with Crippen molar-refractivity contribution in [2.24, 2.45) is 0 Å². The molecule has 0 unspecified atom stereocenters. The van der Waals surface area contributed by atoms with Crippen molar-refractivity contribution in [2.75, 3.05) is 0 Å². The number of nitrogens with zero attached hydrogens (tertiary/aromatic N) is 2. The molecule has 5 heterocycles. The van der Waals surface area contributed by atoms with Gasteiger partial charge in [0.15, 0.2) is 0 Å². The zero-order valence-electron chi connectivity index (χ0n) is 20.2. The van der Waals surface area contributed by atoms with Crippen molar-refractivity contribution in [3.8, 4) is 33.8 Å². The zero-order valence-corrected chi connectivity index (χ0v) is 20.2. The molecule has 0 radical (unpaired) electrons.